The van der Waals surface area contributed by atoms with E-state index in [1.54, 1.807) is 6.33 Å². The molecule has 22 heavy (non-hydrogen) atoms. The van der Waals surface area contributed by atoms with Gasteiger partial charge in [0.25, 0.3) is 5.56 Å². The first kappa shape index (κ1) is 12.8. The van der Waals surface area contributed by atoms with E-state index in [0.717, 1.165) is 17.9 Å². The molecule has 1 aliphatic rings. The van der Waals surface area contributed by atoms with Gasteiger partial charge in [-0.3, -0.25) is 4.79 Å². The van der Waals surface area contributed by atoms with Crippen LogP contribution in [0.2, 0.25) is 0 Å². The zero-order valence-electron chi connectivity index (χ0n) is 11.9. The molecule has 3 heterocycles. The third kappa shape index (κ3) is 2.18. The molecule has 1 aliphatic heterocycles. The minimum Gasteiger partial charge on any atom is -0.349 e. The number of anilines is 1. The summed E-state index contributed by atoms with van der Waals surface area (Å²) in [5.41, 5.74) is 3.22. The smallest absolute Gasteiger partial charge is 0.252 e. The van der Waals surface area contributed by atoms with Crippen LogP contribution in [-0.2, 0) is 6.54 Å². The third-order valence-corrected chi connectivity index (χ3v) is 4.02. The number of rotatable bonds is 2. The Labute approximate surface area is 126 Å². The highest BCUT2D eigenvalue weighted by Gasteiger charge is 2.29. The Morgan fingerprint density at radius 1 is 1.09 bits per heavy atom. The molecule has 1 unspecified atom stereocenters. The van der Waals surface area contributed by atoms with Crippen molar-refractivity contribution in [1.29, 1.82) is 0 Å². The molecule has 0 amide bonds. The lowest BCUT2D eigenvalue weighted by Gasteiger charge is -2.32. The molecule has 3 aromatic rings. The molecule has 0 saturated heterocycles. The average Bonchev–Trinajstić information content (AvgIpc) is 3.03. The Kier molecular flexibility index (Phi) is 3.00. The minimum atomic E-state index is -0.142. The van der Waals surface area contributed by atoms with Crippen LogP contribution in [0.25, 0.3) is 0 Å². The number of fused-ring (bicyclic) bond motifs is 1. The fraction of sp³-hybridized carbons (Fsp3) is 0.188. The quantitative estimate of drug-likeness (QED) is 0.753. The highest BCUT2D eigenvalue weighted by atomic mass is 16.1. The van der Waals surface area contributed by atoms with Crippen LogP contribution in [0.3, 0.4) is 0 Å². The van der Waals surface area contributed by atoms with Crippen molar-refractivity contribution in [1.82, 2.24) is 19.9 Å². The van der Waals surface area contributed by atoms with E-state index in [4.69, 9.17) is 0 Å². The topological polar surface area (TPSA) is 77.7 Å². The van der Waals surface area contributed by atoms with Gasteiger partial charge in [-0.2, -0.15) is 0 Å². The first-order valence-electron chi connectivity index (χ1n) is 7.18. The van der Waals surface area contributed by atoms with Crippen LogP contribution in [0, 0.1) is 0 Å². The molecule has 1 atom stereocenters. The van der Waals surface area contributed by atoms with Crippen molar-refractivity contribution < 1.29 is 0 Å². The molecule has 0 spiro atoms. The van der Waals surface area contributed by atoms with Gasteiger partial charge in [-0.15, -0.1) is 0 Å². The summed E-state index contributed by atoms with van der Waals surface area (Å²) >= 11 is 0. The minimum absolute atomic E-state index is 0.142. The predicted octanol–water partition coefficient (Wildman–Crippen LogP) is 1.65. The van der Waals surface area contributed by atoms with E-state index in [2.05, 4.69) is 37.0 Å². The van der Waals surface area contributed by atoms with Gasteiger partial charge in [0.15, 0.2) is 0 Å². The number of benzene rings is 1. The van der Waals surface area contributed by atoms with Crippen molar-refractivity contribution in [3.63, 3.8) is 0 Å². The molecule has 2 aromatic heterocycles. The highest BCUT2D eigenvalue weighted by molar-refractivity contribution is 5.45. The first-order chi connectivity index (χ1) is 10.8. The molecule has 6 heteroatoms. The van der Waals surface area contributed by atoms with Crippen molar-refractivity contribution in [2.24, 2.45) is 0 Å². The van der Waals surface area contributed by atoms with Gasteiger partial charge in [0.1, 0.15) is 5.82 Å². The lowest BCUT2D eigenvalue weighted by atomic mass is 9.91. The number of nitrogens with one attached hydrogen (secondary N) is 2. The fourth-order valence-electron chi connectivity index (χ4n) is 2.98. The van der Waals surface area contributed by atoms with Gasteiger partial charge in [-0.05, 0) is 5.56 Å². The zero-order chi connectivity index (χ0) is 14.9. The molecule has 0 aliphatic carbocycles. The molecule has 0 fully saturated rings. The second-order valence-corrected chi connectivity index (χ2v) is 5.38. The fourth-order valence-corrected chi connectivity index (χ4v) is 2.98. The van der Waals surface area contributed by atoms with Crippen LogP contribution in [0.4, 0.5) is 5.82 Å². The number of H-pyrrole nitrogens is 2. The maximum atomic E-state index is 11.5. The van der Waals surface area contributed by atoms with Crippen LogP contribution in [0.1, 0.15) is 22.9 Å². The highest BCUT2D eigenvalue weighted by Crippen LogP contribution is 2.32. The summed E-state index contributed by atoms with van der Waals surface area (Å²) in [7, 11) is 0. The SMILES string of the molecule is O=c1cc(N2Cc3[nH]cnc3C(c3ccccc3)C2)nc[nH]1. The van der Waals surface area contributed by atoms with Crippen molar-refractivity contribution in [2.45, 2.75) is 12.5 Å². The Morgan fingerprint density at radius 2 is 1.91 bits per heavy atom. The van der Waals surface area contributed by atoms with Crippen LogP contribution >= 0.6 is 0 Å². The number of hydrogen-bond acceptors (Lipinski definition) is 4. The summed E-state index contributed by atoms with van der Waals surface area (Å²) in [5, 5.41) is 0. The second-order valence-electron chi connectivity index (χ2n) is 5.38. The van der Waals surface area contributed by atoms with Crippen LogP contribution < -0.4 is 10.5 Å². The van der Waals surface area contributed by atoms with E-state index in [1.165, 1.54) is 18.0 Å². The number of aromatic amines is 2. The van der Waals surface area contributed by atoms with E-state index < -0.39 is 0 Å². The van der Waals surface area contributed by atoms with Crippen LogP contribution in [-0.4, -0.2) is 26.5 Å². The van der Waals surface area contributed by atoms with E-state index in [9.17, 15) is 4.79 Å². The normalized spacial score (nSPS) is 17.3. The molecule has 1 aromatic carbocycles. The molecule has 2 N–H and O–H groups in total. The summed E-state index contributed by atoms with van der Waals surface area (Å²) in [4.78, 5) is 28.2. The summed E-state index contributed by atoms with van der Waals surface area (Å²) in [6.45, 7) is 1.42. The van der Waals surface area contributed by atoms with Crippen LogP contribution in [0.15, 0.2) is 53.8 Å². The molecule has 6 nitrogen and oxygen atoms in total. The van der Waals surface area contributed by atoms with E-state index >= 15 is 0 Å². The molecular weight excluding hydrogens is 278 g/mol. The predicted molar refractivity (Wildman–Crippen MR) is 82.8 cm³/mol. The number of hydrogen-bond donors (Lipinski definition) is 2. The van der Waals surface area contributed by atoms with E-state index in [-0.39, 0.29) is 11.5 Å². The van der Waals surface area contributed by atoms with Crippen molar-refractivity contribution in [2.75, 3.05) is 11.4 Å². The standard InChI is InChI=1S/C16H15N5O/c22-15-6-14(18-10-19-15)21-7-12(11-4-2-1-3-5-11)16-13(8-21)17-9-20-16/h1-6,9-10,12H,7-8H2,(H,17,20)(H,18,19,22). The van der Waals surface area contributed by atoms with Crippen LogP contribution in [0.5, 0.6) is 0 Å². The molecule has 0 bridgehead atoms. The van der Waals surface area contributed by atoms with Gasteiger partial charge in [-0.1, -0.05) is 30.3 Å². The van der Waals surface area contributed by atoms with E-state index in [1.807, 2.05) is 18.2 Å². The summed E-state index contributed by atoms with van der Waals surface area (Å²) in [6, 6.07) is 11.8. The third-order valence-electron chi connectivity index (χ3n) is 4.02. The van der Waals surface area contributed by atoms with Gasteiger partial charge < -0.3 is 14.9 Å². The summed E-state index contributed by atoms with van der Waals surface area (Å²) in [5.74, 6) is 0.849. The molecule has 0 saturated carbocycles. The summed E-state index contributed by atoms with van der Waals surface area (Å²) < 4.78 is 0. The van der Waals surface area contributed by atoms with Gasteiger partial charge in [0.2, 0.25) is 0 Å². The number of aromatic nitrogens is 4. The molecule has 0 radical (unpaired) electrons. The Bertz CT molecular complexity index is 839. The Balaban J connectivity index is 1.76. The second kappa shape index (κ2) is 5.14. The number of imidazole rings is 1. The van der Waals surface area contributed by atoms with Gasteiger partial charge in [-0.25, -0.2) is 9.97 Å². The lowest BCUT2D eigenvalue weighted by Crippen LogP contribution is -2.35. The maximum Gasteiger partial charge on any atom is 0.252 e. The molecular formula is C16H15N5O. The van der Waals surface area contributed by atoms with Crippen molar-refractivity contribution in [3.05, 3.63) is 76.4 Å². The Hall–Kier alpha value is -2.89. The van der Waals surface area contributed by atoms with Crippen molar-refractivity contribution >= 4 is 5.82 Å². The zero-order valence-corrected chi connectivity index (χ0v) is 11.9. The monoisotopic (exact) mass is 293 g/mol. The summed E-state index contributed by atoms with van der Waals surface area (Å²) in [6.07, 6.45) is 3.17. The Morgan fingerprint density at radius 3 is 2.73 bits per heavy atom. The lowest BCUT2D eigenvalue weighted by molar-refractivity contribution is 0.638. The maximum absolute atomic E-state index is 11.5. The van der Waals surface area contributed by atoms with E-state index in [0.29, 0.717) is 12.4 Å². The average molecular weight is 293 g/mol. The van der Waals surface area contributed by atoms with Gasteiger partial charge in [0, 0.05) is 18.5 Å². The number of nitrogens with zero attached hydrogens (tertiary/aromatic N) is 3. The largest absolute Gasteiger partial charge is 0.349 e. The van der Waals surface area contributed by atoms with Gasteiger partial charge >= 0.3 is 0 Å². The molecule has 110 valence electrons. The van der Waals surface area contributed by atoms with Crippen molar-refractivity contribution in [3.8, 4) is 0 Å². The van der Waals surface area contributed by atoms with Gasteiger partial charge in [0.05, 0.1) is 30.6 Å². The first-order valence-corrected chi connectivity index (χ1v) is 7.18. The molecule has 4 rings (SSSR count).